The van der Waals surface area contributed by atoms with Crippen LogP contribution in [0.25, 0.3) is 0 Å². The smallest absolute Gasteiger partial charge is 0.254 e. The highest BCUT2D eigenvalue weighted by Crippen LogP contribution is 2.21. The van der Waals surface area contributed by atoms with Crippen LogP contribution in [-0.4, -0.2) is 60.5 Å². The second-order valence-electron chi connectivity index (χ2n) is 7.70. The summed E-state index contributed by atoms with van der Waals surface area (Å²) in [5, 5.41) is 0. The summed E-state index contributed by atoms with van der Waals surface area (Å²) in [5.74, 6) is 0.567. The molecule has 0 radical (unpaired) electrons. The zero-order valence-electron chi connectivity index (χ0n) is 16.2. The zero-order chi connectivity index (χ0) is 18.7. The summed E-state index contributed by atoms with van der Waals surface area (Å²) in [7, 11) is 0. The lowest BCUT2D eigenvalue weighted by molar-refractivity contribution is -0.140. The van der Waals surface area contributed by atoms with Gasteiger partial charge in [0.05, 0.1) is 0 Å². The molecule has 1 aromatic rings. The molecule has 1 aromatic carbocycles. The van der Waals surface area contributed by atoms with E-state index in [0.717, 1.165) is 30.4 Å². The van der Waals surface area contributed by atoms with Crippen LogP contribution in [0.3, 0.4) is 0 Å². The van der Waals surface area contributed by atoms with Gasteiger partial charge in [0.1, 0.15) is 6.10 Å². The summed E-state index contributed by atoms with van der Waals surface area (Å²) in [5.41, 5.74) is 2.98. The molecule has 0 spiro atoms. The van der Waals surface area contributed by atoms with Crippen molar-refractivity contribution in [2.45, 2.75) is 52.1 Å². The van der Waals surface area contributed by atoms with Crippen LogP contribution < -0.4 is 0 Å². The third kappa shape index (κ3) is 4.09. The van der Waals surface area contributed by atoms with E-state index in [9.17, 15) is 9.59 Å². The van der Waals surface area contributed by atoms with E-state index in [1.54, 1.807) is 0 Å². The maximum atomic E-state index is 13.1. The molecule has 2 aliphatic rings. The molecule has 2 aliphatic heterocycles. The van der Waals surface area contributed by atoms with Gasteiger partial charge in [0, 0.05) is 38.3 Å². The van der Waals surface area contributed by atoms with Crippen molar-refractivity contribution in [2.75, 3.05) is 32.8 Å². The molecule has 2 fully saturated rings. The fourth-order valence-electron chi connectivity index (χ4n) is 3.72. The Hall–Kier alpha value is -1.88. The molecule has 142 valence electrons. The summed E-state index contributed by atoms with van der Waals surface area (Å²) in [6, 6.07) is 6.16. The fourth-order valence-corrected chi connectivity index (χ4v) is 3.72. The average Bonchev–Trinajstić information content (AvgIpc) is 3.05. The molecule has 2 amide bonds. The molecular formula is C21H30N2O3. The highest BCUT2D eigenvalue weighted by atomic mass is 16.5. The lowest BCUT2D eigenvalue weighted by atomic mass is 9.97. The van der Waals surface area contributed by atoms with Crippen LogP contribution in [0.1, 0.15) is 60.5 Å². The third-order valence-electron chi connectivity index (χ3n) is 5.46. The van der Waals surface area contributed by atoms with E-state index in [4.69, 9.17) is 4.74 Å². The zero-order valence-corrected chi connectivity index (χ0v) is 16.2. The summed E-state index contributed by atoms with van der Waals surface area (Å²) in [4.78, 5) is 29.4. The Morgan fingerprint density at radius 2 is 1.81 bits per heavy atom. The highest BCUT2D eigenvalue weighted by Gasteiger charge is 2.30. The second-order valence-corrected chi connectivity index (χ2v) is 7.70. The van der Waals surface area contributed by atoms with Crippen molar-refractivity contribution in [3.05, 3.63) is 34.9 Å². The van der Waals surface area contributed by atoms with Gasteiger partial charge < -0.3 is 14.5 Å². The first-order valence-corrected chi connectivity index (χ1v) is 9.77. The molecule has 0 bridgehead atoms. The Labute approximate surface area is 156 Å². The predicted molar refractivity (Wildman–Crippen MR) is 101 cm³/mol. The van der Waals surface area contributed by atoms with Gasteiger partial charge in [-0.3, -0.25) is 9.59 Å². The van der Waals surface area contributed by atoms with Gasteiger partial charge in [-0.25, -0.2) is 0 Å². The van der Waals surface area contributed by atoms with Crippen molar-refractivity contribution < 1.29 is 14.3 Å². The Bertz CT molecular complexity index is 665. The Balaban J connectivity index is 1.68. The molecule has 2 saturated heterocycles. The third-order valence-corrected chi connectivity index (χ3v) is 5.46. The molecule has 0 saturated carbocycles. The normalized spacial score (nSPS) is 21.2. The first kappa shape index (κ1) is 18.9. The molecule has 1 unspecified atom stereocenters. The van der Waals surface area contributed by atoms with E-state index in [0.29, 0.717) is 38.7 Å². The van der Waals surface area contributed by atoms with Crippen molar-refractivity contribution in [2.24, 2.45) is 0 Å². The minimum Gasteiger partial charge on any atom is -0.368 e. The average molecular weight is 358 g/mol. The number of rotatable bonds is 3. The molecule has 5 heteroatoms. The fraction of sp³-hybridized carbons (Fsp3) is 0.619. The van der Waals surface area contributed by atoms with Crippen molar-refractivity contribution in [3.8, 4) is 0 Å². The van der Waals surface area contributed by atoms with Gasteiger partial charge in [-0.15, -0.1) is 0 Å². The number of carbonyl (C=O) groups is 2. The summed E-state index contributed by atoms with van der Waals surface area (Å²) in [6.07, 6.45) is 2.31. The number of aryl methyl sites for hydroxylation is 1. The van der Waals surface area contributed by atoms with Gasteiger partial charge in [0.25, 0.3) is 11.8 Å². The van der Waals surface area contributed by atoms with Crippen molar-refractivity contribution >= 4 is 11.8 Å². The van der Waals surface area contributed by atoms with Crippen molar-refractivity contribution in [3.63, 3.8) is 0 Å². The van der Waals surface area contributed by atoms with Crippen LogP contribution in [0.5, 0.6) is 0 Å². The second kappa shape index (κ2) is 8.21. The maximum Gasteiger partial charge on any atom is 0.254 e. The number of carbonyl (C=O) groups excluding carboxylic acids is 2. The van der Waals surface area contributed by atoms with Crippen LogP contribution in [-0.2, 0) is 9.53 Å². The summed E-state index contributed by atoms with van der Waals surface area (Å²) in [6.45, 7) is 9.52. The first-order chi connectivity index (χ1) is 12.5. The molecule has 3 rings (SSSR count). The largest absolute Gasteiger partial charge is 0.368 e. The monoisotopic (exact) mass is 358 g/mol. The van der Waals surface area contributed by atoms with Crippen LogP contribution in [0, 0.1) is 6.92 Å². The van der Waals surface area contributed by atoms with Crippen LogP contribution >= 0.6 is 0 Å². The van der Waals surface area contributed by atoms with Crippen LogP contribution in [0.15, 0.2) is 18.2 Å². The van der Waals surface area contributed by atoms with Crippen molar-refractivity contribution in [1.29, 1.82) is 0 Å². The number of hydrogen-bond acceptors (Lipinski definition) is 3. The van der Waals surface area contributed by atoms with E-state index in [1.165, 1.54) is 5.56 Å². The molecule has 26 heavy (non-hydrogen) atoms. The minimum absolute atomic E-state index is 0.0800. The van der Waals surface area contributed by atoms with Gasteiger partial charge in [-0.05, 0) is 49.3 Å². The SMILES string of the molecule is Cc1ccc(C(C)C)cc1C(=O)N1CCCN(C(=O)C2CCCO2)CC1. The standard InChI is InChI=1S/C21H30N2O3/c1-15(2)17-8-7-16(3)18(14-17)20(24)22-9-5-10-23(12-11-22)21(25)19-6-4-13-26-19/h7-8,14-15,19H,4-6,9-13H2,1-3H3. The van der Waals surface area contributed by atoms with Gasteiger partial charge in [-0.2, -0.15) is 0 Å². The van der Waals surface area contributed by atoms with E-state index in [2.05, 4.69) is 19.9 Å². The molecule has 5 nitrogen and oxygen atoms in total. The molecule has 1 atom stereocenters. The Morgan fingerprint density at radius 3 is 2.50 bits per heavy atom. The molecule has 0 aromatic heterocycles. The van der Waals surface area contributed by atoms with Crippen LogP contribution in [0.4, 0.5) is 0 Å². The lowest BCUT2D eigenvalue weighted by Crippen LogP contribution is -2.41. The van der Waals surface area contributed by atoms with Gasteiger partial charge in [0.2, 0.25) is 0 Å². The van der Waals surface area contributed by atoms with Crippen LogP contribution in [0.2, 0.25) is 0 Å². The van der Waals surface area contributed by atoms with Gasteiger partial charge >= 0.3 is 0 Å². The van der Waals surface area contributed by atoms with E-state index in [1.807, 2.05) is 28.9 Å². The lowest BCUT2D eigenvalue weighted by Gasteiger charge is -2.24. The minimum atomic E-state index is -0.276. The molecular weight excluding hydrogens is 328 g/mol. The number of amides is 2. The first-order valence-electron chi connectivity index (χ1n) is 9.77. The summed E-state index contributed by atoms with van der Waals surface area (Å²) >= 11 is 0. The molecule has 2 heterocycles. The number of ether oxygens (including phenoxy) is 1. The van der Waals surface area contributed by atoms with E-state index < -0.39 is 0 Å². The van der Waals surface area contributed by atoms with E-state index >= 15 is 0 Å². The number of nitrogens with zero attached hydrogens (tertiary/aromatic N) is 2. The summed E-state index contributed by atoms with van der Waals surface area (Å²) < 4.78 is 5.53. The van der Waals surface area contributed by atoms with Crippen molar-refractivity contribution in [1.82, 2.24) is 9.80 Å². The number of benzene rings is 1. The predicted octanol–water partition coefficient (Wildman–Crippen LogP) is 2.97. The van der Waals surface area contributed by atoms with Gasteiger partial charge in [-0.1, -0.05) is 26.0 Å². The molecule has 0 aliphatic carbocycles. The topological polar surface area (TPSA) is 49.9 Å². The highest BCUT2D eigenvalue weighted by molar-refractivity contribution is 5.96. The Morgan fingerprint density at radius 1 is 1.08 bits per heavy atom. The quantitative estimate of drug-likeness (QED) is 0.835. The molecule has 0 N–H and O–H groups in total. The van der Waals surface area contributed by atoms with E-state index in [-0.39, 0.29) is 17.9 Å². The maximum absolute atomic E-state index is 13.1. The van der Waals surface area contributed by atoms with Gasteiger partial charge in [0.15, 0.2) is 0 Å². The number of hydrogen-bond donors (Lipinski definition) is 0. The Kier molecular flexibility index (Phi) is 5.97.